The summed E-state index contributed by atoms with van der Waals surface area (Å²) in [5.74, 6) is 0.978. The summed E-state index contributed by atoms with van der Waals surface area (Å²) in [5.41, 5.74) is 6.89. The second kappa shape index (κ2) is 13.2. The molecule has 1 aliphatic carbocycles. The number of nitrogens with zero attached hydrogens (tertiary/aromatic N) is 1. The summed E-state index contributed by atoms with van der Waals surface area (Å²) in [6.07, 6.45) is 15.1. The van der Waals surface area contributed by atoms with E-state index in [9.17, 15) is 14.7 Å². The van der Waals surface area contributed by atoms with Gasteiger partial charge < -0.3 is 15.7 Å². The lowest BCUT2D eigenvalue weighted by atomic mass is 9.73. The molecule has 0 bridgehead atoms. The Hall–Kier alpha value is -1.98. The summed E-state index contributed by atoms with van der Waals surface area (Å²) < 4.78 is 0. The van der Waals surface area contributed by atoms with E-state index in [-0.39, 0.29) is 22.7 Å². The van der Waals surface area contributed by atoms with E-state index in [0.717, 1.165) is 50.6 Å². The van der Waals surface area contributed by atoms with Crippen molar-refractivity contribution in [3.8, 4) is 0 Å². The van der Waals surface area contributed by atoms with Gasteiger partial charge in [0.1, 0.15) is 0 Å². The summed E-state index contributed by atoms with van der Waals surface area (Å²) in [7, 11) is 0. The maximum atomic E-state index is 12.9. The number of hydrogen-bond acceptors (Lipinski definition) is 5. The molecule has 2 aromatic rings. The Morgan fingerprint density at radius 1 is 1.00 bits per heavy atom. The number of aliphatic hydroxyl groups is 1. The van der Waals surface area contributed by atoms with E-state index in [4.69, 9.17) is 5.73 Å². The zero-order valence-corrected chi connectivity index (χ0v) is 22.9. The number of nitrogens with two attached hydrogens (primary N) is 1. The van der Waals surface area contributed by atoms with Crippen molar-refractivity contribution in [1.29, 1.82) is 0 Å². The molecule has 0 spiro atoms. The van der Waals surface area contributed by atoms with Gasteiger partial charge in [-0.15, -0.1) is 0 Å². The predicted octanol–water partition coefficient (Wildman–Crippen LogP) is 5.45. The number of rotatable bonds is 13. The van der Waals surface area contributed by atoms with Crippen LogP contribution in [0.1, 0.15) is 102 Å². The minimum atomic E-state index is -0.925. The second-order valence-corrected chi connectivity index (χ2v) is 11.9. The van der Waals surface area contributed by atoms with Gasteiger partial charge in [-0.05, 0) is 56.0 Å². The Balaban J connectivity index is 1.50. The molecule has 2 aromatic carbocycles. The molecule has 1 heterocycles. The van der Waals surface area contributed by atoms with Gasteiger partial charge >= 0.3 is 0 Å². The molecule has 1 aliphatic heterocycles. The molecule has 37 heavy (non-hydrogen) atoms. The fourth-order valence-corrected chi connectivity index (χ4v) is 7.10. The van der Waals surface area contributed by atoms with Gasteiger partial charge in [-0.25, -0.2) is 0 Å². The van der Waals surface area contributed by atoms with Crippen LogP contribution in [0, 0.1) is 17.8 Å². The number of benzene rings is 1. The third-order valence-electron chi connectivity index (χ3n) is 9.30. The van der Waals surface area contributed by atoms with E-state index in [1.54, 1.807) is 0 Å². The van der Waals surface area contributed by atoms with Crippen LogP contribution in [-0.2, 0) is 12.0 Å². The third kappa shape index (κ3) is 6.54. The van der Waals surface area contributed by atoms with Crippen LogP contribution < -0.4 is 21.5 Å². The largest absolute Gasteiger partial charge is 0.385 e. The predicted molar refractivity (Wildman–Crippen MR) is 153 cm³/mol. The molecule has 3 atom stereocenters. The first-order valence-electron chi connectivity index (χ1n) is 15.0. The first-order chi connectivity index (χ1) is 18.0. The van der Waals surface area contributed by atoms with Crippen LogP contribution in [-0.4, -0.2) is 24.7 Å². The molecule has 1 saturated carbocycles. The standard InChI is InChI=1S/C32H48N2O3/c1-2-3-4-11-18-32(37,26-15-9-6-10-16-26)27-17-12-19-34(23-27)29-28(30(35)31(29)36)21-25(22-33)20-24-13-7-5-8-14-24/h6,9-10,15-16,24-25,27,37H,2-5,7-8,11-14,17-23,33H2,1H3/t25-,27-,32-/m1/s1. The van der Waals surface area contributed by atoms with Gasteiger partial charge in [0.2, 0.25) is 10.9 Å². The monoisotopic (exact) mass is 508 g/mol. The zero-order chi connectivity index (χ0) is 26.3. The van der Waals surface area contributed by atoms with Gasteiger partial charge in [-0.2, -0.15) is 0 Å². The van der Waals surface area contributed by atoms with Crippen LogP contribution in [0.2, 0.25) is 0 Å². The van der Waals surface area contributed by atoms with Crippen molar-refractivity contribution in [2.45, 2.75) is 102 Å². The van der Waals surface area contributed by atoms with Crippen molar-refractivity contribution in [2.24, 2.45) is 23.5 Å². The van der Waals surface area contributed by atoms with E-state index < -0.39 is 5.60 Å². The molecule has 4 rings (SSSR count). The minimum Gasteiger partial charge on any atom is -0.385 e. The quantitative estimate of drug-likeness (QED) is 0.278. The molecular formula is C32H48N2O3. The van der Waals surface area contributed by atoms with E-state index >= 15 is 0 Å². The summed E-state index contributed by atoms with van der Waals surface area (Å²) in [5, 5.41) is 12.1. The van der Waals surface area contributed by atoms with Crippen molar-refractivity contribution in [3.05, 3.63) is 61.9 Å². The number of anilines is 1. The molecule has 3 N–H and O–H groups in total. The zero-order valence-electron chi connectivity index (χ0n) is 22.9. The Morgan fingerprint density at radius 2 is 1.76 bits per heavy atom. The lowest BCUT2D eigenvalue weighted by Gasteiger charge is -2.44. The molecule has 1 saturated heterocycles. The average Bonchev–Trinajstić information content (AvgIpc) is 2.95. The average molecular weight is 509 g/mol. The fraction of sp³-hybridized carbons (Fsp3) is 0.688. The molecule has 5 nitrogen and oxygen atoms in total. The third-order valence-corrected chi connectivity index (χ3v) is 9.30. The van der Waals surface area contributed by atoms with Crippen LogP contribution in [0.15, 0.2) is 39.9 Å². The Kier molecular flexibility index (Phi) is 10.00. The second-order valence-electron chi connectivity index (χ2n) is 11.9. The van der Waals surface area contributed by atoms with E-state index in [2.05, 4.69) is 11.8 Å². The first-order valence-corrected chi connectivity index (χ1v) is 15.0. The van der Waals surface area contributed by atoms with Crippen LogP contribution in [0.25, 0.3) is 0 Å². The van der Waals surface area contributed by atoms with Gasteiger partial charge in [-0.3, -0.25) is 9.59 Å². The van der Waals surface area contributed by atoms with Crippen LogP contribution in [0.5, 0.6) is 0 Å². The van der Waals surface area contributed by atoms with Gasteiger partial charge in [-0.1, -0.05) is 95.0 Å². The summed E-state index contributed by atoms with van der Waals surface area (Å²) >= 11 is 0. The highest BCUT2D eigenvalue weighted by molar-refractivity contribution is 5.59. The van der Waals surface area contributed by atoms with Crippen molar-refractivity contribution >= 4 is 5.69 Å². The maximum Gasteiger partial charge on any atom is 0.249 e. The van der Waals surface area contributed by atoms with Gasteiger partial charge in [0, 0.05) is 24.6 Å². The highest BCUT2D eigenvalue weighted by Crippen LogP contribution is 2.41. The van der Waals surface area contributed by atoms with Crippen molar-refractivity contribution in [2.75, 3.05) is 24.5 Å². The molecule has 204 valence electrons. The number of unbranched alkanes of at least 4 members (excludes halogenated alkanes) is 3. The van der Waals surface area contributed by atoms with E-state index in [0.29, 0.717) is 36.7 Å². The topological polar surface area (TPSA) is 83.6 Å². The molecule has 0 unspecified atom stereocenters. The van der Waals surface area contributed by atoms with E-state index in [1.807, 2.05) is 30.3 Å². The SMILES string of the molecule is CCCCCC[C@@](O)(c1ccccc1)[C@@H]1CCCN(c2c(C[C@H](CN)CC3CCCCC3)c(=O)c2=O)C1. The van der Waals surface area contributed by atoms with Crippen molar-refractivity contribution in [3.63, 3.8) is 0 Å². The molecule has 2 fully saturated rings. The van der Waals surface area contributed by atoms with Crippen molar-refractivity contribution < 1.29 is 5.11 Å². The molecular weight excluding hydrogens is 460 g/mol. The van der Waals surface area contributed by atoms with Crippen LogP contribution in [0.3, 0.4) is 0 Å². The highest BCUT2D eigenvalue weighted by atomic mass is 16.3. The van der Waals surface area contributed by atoms with Gasteiger partial charge in [0.15, 0.2) is 0 Å². The van der Waals surface area contributed by atoms with Crippen LogP contribution >= 0.6 is 0 Å². The number of piperidine rings is 1. The highest BCUT2D eigenvalue weighted by Gasteiger charge is 2.41. The Morgan fingerprint density at radius 3 is 2.46 bits per heavy atom. The normalized spacial score (nSPS) is 21.7. The number of hydrogen-bond donors (Lipinski definition) is 2. The first kappa shape index (κ1) is 28.0. The smallest absolute Gasteiger partial charge is 0.249 e. The van der Waals surface area contributed by atoms with Crippen molar-refractivity contribution in [1.82, 2.24) is 0 Å². The molecule has 0 amide bonds. The molecule has 0 radical (unpaired) electrons. The lowest BCUT2D eigenvalue weighted by Crippen LogP contribution is -2.51. The van der Waals surface area contributed by atoms with Crippen LogP contribution in [0.4, 0.5) is 5.69 Å². The lowest BCUT2D eigenvalue weighted by molar-refractivity contribution is -0.0392. The molecule has 0 aromatic heterocycles. The maximum absolute atomic E-state index is 12.9. The fourth-order valence-electron chi connectivity index (χ4n) is 7.10. The Bertz CT molecular complexity index is 1040. The summed E-state index contributed by atoms with van der Waals surface area (Å²) in [6.45, 7) is 4.15. The van der Waals surface area contributed by atoms with E-state index in [1.165, 1.54) is 44.9 Å². The van der Waals surface area contributed by atoms with Gasteiger partial charge in [0.25, 0.3) is 0 Å². The summed E-state index contributed by atoms with van der Waals surface area (Å²) in [6, 6.07) is 10.1. The molecule has 5 heteroatoms. The Labute approximate surface area is 223 Å². The summed E-state index contributed by atoms with van der Waals surface area (Å²) in [4.78, 5) is 27.7. The minimum absolute atomic E-state index is 0.0232. The molecule has 2 aliphatic rings. The van der Waals surface area contributed by atoms with Gasteiger partial charge in [0.05, 0.1) is 11.3 Å².